The molecule has 0 aliphatic carbocycles. The van der Waals surface area contributed by atoms with Crippen LogP contribution in [0.4, 0.5) is 32.0 Å². The maximum absolute atomic E-state index is 13.1. The van der Waals surface area contributed by atoms with Crippen LogP contribution in [0.3, 0.4) is 0 Å². The van der Waals surface area contributed by atoms with Gasteiger partial charge in [0.2, 0.25) is 10.0 Å². The van der Waals surface area contributed by atoms with Crippen LogP contribution in [0.15, 0.2) is 47.4 Å². The lowest BCUT2D eigenvalue weighted by Gasteiger charge is -2.35. The van der Waals surface area contributed by atoms with Crippen LogP contribution in [0, 0.1) is 6.92 Å². The van der Waals surface area contributed by atoms with Crippen molar-refractivity contribution in [1.82, 2.24) is 4.31 Å². The summed E-state index contributed by atoms with van der Waals surface area (Å²) in [6, 6.07) is 7.90. The average Bonchev–Trinajstić information content (AvgIpc) is 2.66. The zero-order valence-corrected chi connectivity index (χ0v) is 16.6. The molecule has 30 heavy (non-hydrogen) atoms. The van der Waals surface area contributed by atoms with Crippen LogP contribution in [-0.2, 0) is 22.4 Å². The molecule has 2 aromatic carbocycles. The topological polar surface area (TPSA) is 40.6 Å². The van der Waals surface area contributed by atoms with Gasteiger partial charge >= 0.3 is 12.4 Å². The van der Waals surface area contributed by atoms with Gasteiger partial charge in [-0.1, -0.05) is 12.1 Å². The third-order valence-electron chi connectivity index (χ3n) is 4.80. The average molecular weight is 452 g/mol. The Bertz CT molecular complexity index is 994. The molecule has 0 N–H and O–H groups in total. The number of alkyl halides is 6. The maximum atomic E-state index is 13.1. The fraction of sp³-hybridized carbons (Fsp3) is 0.368. The summed E-state index contributed by atoms with van der Waals surface area (Å²) in [6.45, 7) is 2.29. The number of rotatable bonds is 3. The van der Waals surface area contributed by atoms with Crippen molar-refractivity contribution in [2.24, 2.45) is 0 Å². The summed E-state index contributed by atoms with van der Waals surface area (Å²) in [5, 5.41) is 0. The quantitative estimate of drug-likeness (QED) is 0.642. The first-order valence-electron chi connectivity index (χ1n) is 8.90. The van der Waals surface area contributed by atoms with Crippen molar-refractivity contribution in [2.75, 3.05) is 31.1 Å². The van der Waals surface area contributed by atoms with Gasteiger partial charge in [-0.2, -0.15) is 30.6 Å². The molecule has 164 valence electrons. The monoisotopic (exact) mass is 452 g/mol. The number of piperazine rings is 1. The highest BCUT2D eigenvalue weighted by molar-refractivity contribution is 7.89. The van der Waals surface area contributed by atoms with Crippen molar-refractivity contribution < 1.29 is 34.8 Å². The minimum Gasteiger partial charge on any atom is -0.369 e. The Morgan fingerprint density at radius 1 is 0.800 bits per heavy atom. The second-order valence-electron chi connectivity index (χ2n) is 6.97. The van der Waals surface area contributed by atoms with E-state index in [9.17, 15) is 34.8 Å². The number of hydrogen-bond acceptors (Lipinski definition) is 3. The zero-order chi connectivity index (χ0) is 22.3. The molecule has 0 bridgehead atoms. The van der Waals surface area contributed by atoms with Gasteiger partial charge in [0, 0.05) is 31.9 Å². The van der Waals surface area contributed by atoms with Crippen LogP contribution in [0.2, 0.25) is 0 Å². The summed E-state index contributed by atoms with van der Waals surface area (Å²) in [6.07, 6.45) is -10.2. The van der Waals surface area contributed by atoms with Gasteiger partial charge in [0.05, 0.1) is 16.0 Å². The maximum Gasteiger partial charge on any atom is 0.416 e. The molecule has 0 saturated carbocycles. The molecule has 1 fully saturated rings. The van der Waals surface area contributed by atoms with E-state index in [1.54, 1.807) is 0 Å². The summed E-state index contributed by atoms with van der Waals surface area (Å²) in [7, 11) is -4.53. The number of nitrogens with zero attached hydrogens (tertiary/aromatic N) is 2. The molecule has 0 amide bonds. The van der Waals surface area contributed by atoms with Crippen molar-refractivity contribution in [3.63, 3.8) is 0 Å². The van der Waals surface area contributed by atoms with Crippen LogP contribution < -0.4 is 4.90 Å². The third kappa shape index (κ3) is 4.72. The fourth-order valence-corrected chi connectivity index (χ4v) is 4.73. The second kappa shape index (κ2) is 7.77. The van der Waals surface area contributed by atoms with Crippen molar-refractivity contribution in [3.05, 3.63) is 59.2 Å². The Morgan fingerprint density at radius 2 is 1.33 bits per heavy atom. The minimum atomic E-state index is -5.12. The first kappa shape index (κ1) is 22.4. The molecule has 11 heteroatoms. The van der Waals surface area contributed by atoms with E-state index in [1.807, 2.05) is 36.1 Å². The lowest BCUT2D eigenvalue weighted by atomic mass is 10.1. The lowest BCUT2D eigenvalue weighted by Crippen LogP contribution is -2.48. The van der Waals surface area contributed by atoms with E-state index in [0.717, 1.165) is 15.6 Å². The van der Waals surface area contributed by atoms with E-state index in [-0.39, 0.29) is 44.4 Å². The molecule has 1 aliphatic rings. The Morgan fingerprint density at radius 3 is 1.80 bits per heavy atom. The Balaban J connectivity index is 1.89. The Hall–Kier alpha value is -2.27. The van der Waals surface area contributed by atoms with Gasteiger partial charge in [0.1, 0.15) is 0 Å². The highest BCUT2D eigenvalue weighted by atomic mass is 32.2. The molecule has 1 heterocycles. The summed E-state index contributed by atoms with van der Waals surface area (Å²) in [5.74, 6) is 0. The highest BCUT2D eigenvalue weighted by Crippen LogP contribution is 2.38. The molecule has 2 aromatic rings. The lowest BCUT2D eigenvalue weighted by molar-refractivity contribution is -0.143. The van der Waals surface area contributed by atoms with Crippen LogP contribution in [0.1, 0.15) is 16.7 Å². The Kier molecular flexibility index (Phi) is 5.80. The standard InChI is InChI=1S/C19H18F6N2O2S/c1-13-3-2-4-16(9-13)26-5-7-27(8-6-26)30(28,29)17-11-14(18(20,21)22)10-15(12-17)19(23,24)25/h2-4,9-12H,5-8H2,1H3. The third-order valence-corrected chi connectivity index (χ3v) is 6.68. The molecule has 0 spiro atoms. The molecule has 1 aliphatic heterocycles. The number of aryl methyl sites for hydroxylation is 1. The Labute approximate surface area is 169 Å². The first-order chi connectivity index (χ1) is 13.8. The van der Waals surface area contributed by atoms with Crippen LogP contribution in [-0.4, -0.2) is 38.9 Å². The van der Waals surface area contributed by atoms with E-state index < -0.39 is 38.4 Å². The molecular formula is C19H18F6N2O2S. The molecule has 0 aromatic heterocycles. The number of anilines is 1. The zero-order valence-electron chi connectivity index (χ0n) is 15.8. The highest BCUT2D eigenvalue weighted by Gasteiger charge is 2.39. The second-order valence-corrected chi connectivity index (χ2v) is 8.91. The number of halogens is 6. The van der Waals surface area contributed by atoms with Crippen molar-refractivity contribution in [2.45, 2.75) is 24.2 Å². The largest absolute Gasteiger partial charge is 0.416 e. The fourth-order valence-electron chi connectivity index (χ4n) is 3.24. The van der Waals surface area contributed by atoms with Gasteiger partial charge in [0.15, 0.2) is 0 Å². The predicted octanol–water partition coefficient (Wildman–Crippen LogP) is 4.54. The van der Waals surface area contributed by atoms with E-state index in [4.69, 9.17) is 0 Å². The predicted molar refractivity (Wildman–Crippen MR) is 98.6 cm³/mol. The van der Waals surface area contributed by atoms with Gasteiger partial charge in [-0.15, -0.1) is 0 Å². The number of benzene rings is 2. The van der Waals surface area contributed by atoms with Gasteiger partial charge in [-0.25, -0.2) is 8.42 Å². The van der Waals surface area contributed by atoms with Crippen molar-refractivity contribution >= 4 is 15.7 Å². The summed E-state index contributed by atoms with van der Waals surface area (Å²) < 4.78 is 105. The van der Waals surface area contributed by atoms with E-state index in [0.29, 0.717) is 0 Å². The normalized spacial score (nSPS) is 16.7. The van der Waals surface area contributed by atoms with E-state index in [1.165, 1.54) is 0 Å². The van der Waals surface area contributed by atoms with Crippen LogP contribution >= 0.6 is 0 Å². The van der Waals surface area contributed by atoms with Crippen LogP contribution in [0.5, 0.6) is 0 Å². The summed E-state index contributed by atoms with van der Waals surface area (Å²) in [5.41, 5.74) is -1.44. The summed E-state index contributed by atoms with van der Waals surface area (Å²) >= 11 is 0. The van der Waals surface area contributed by atoms with Crippen LogP contribution in [0.25, 0.3) is 0 Å². The van der Waals surface area contributed by atoms with Crippen molar-refractivity contribution in [1.29, 1.82) is 0 Å². The molecule has 0 atom stereocenters. The van der Waals surface area contributed by atoms with Gasteiger partial charge in [-0.3, -0.25) is 0 Å². The molecule has 0 unspecified atom stereocenters. The minimum absolute atomic E-state index is 0.0616. The van der Waals surface area contributed by atoms with E-state index in [2.05, 4.69) is 0 Å². The van der Waals surface area contributed by atoms with Crippen molar-refractivity contribution in [3.8, 4) is 0 Å². The SMILES string of the molecule is Cc1cccc(N2CCN(S(=O)(=O)c3cc(C(F)(F)F)cc(C(F)(F)F)c3)CC2)c1. The summed E-state index contributed by atoms with van der Waals surface area (Å²) in [4.78, 5) is 0.889. The molecule has 1 saturated heterocycles. The van der Waals surface area contributed by atoms with E-state index >= 15 is 0 Å². The van der Waals surface area contributed by atoms with Gasteiger partial charge in [-0.05, 0) is 42.8 Å². The van der Waals surface area contributed by atoms with Gasteiger partial charge in [0.25, 0.3) is 0 Å². The molecule has 4 nitrogen and oxygen atoms in total. The van der Waals surface area contributed by atoms with Gasteiger partial charge < -0.3 is 4.90 Å². The first-order valence-corrected chi connectivity index (χ1v) is 10.3. The molecule has 0 radical (unpaired) electrons. The smallest absolute Gasteiger partial charge is 0.369 e. The molecule has 3 rings (SSSR count). The number of hydrogen-bond donors (Lipinski definition) is 0. The number of sulfonamides is 1. The molecular weight excluding hydrogens is 434 g/mol.